The molecule has 4 heterocycles. The average molecular weight is 408 g/mol. The number of piperidine rings is 1. The minimum Gasteiger partial charge on any atom is -0.355 e. The van der Waals surface area contributed by atoms with E-state index < -0.39 is 0 Å². The molecular weight excluding hydrogens is 387 g/mol. The molecule has 0 spiro atoms. The van der Waals surface area contributed by atoms with E-state index in [4.69, 9.17) is 9.62 Å². The Morgan fingerprint density at radius 2 is 1.87 bits per heavy atom. The van der Waals surface area contributed by atoms with E-state index in [-0.39, 0.29) is 11.7 Å². The molecule has 0 unspecified atom stereocenters. The highest BCUT2D eigenvalue weighted by atomic mass is 19.1. The summed E-state index contributed by atoms with van der Waals surface area (Å²) in [4.78, 5) is 8.50. The lowest BCUT2D eigenvalue weighted by Crippen LogP contribution is -2.34. The first-order valence-corrected chi connectivity index (χ1v) is 9.83. The van der Waals surface area contributed by atoms with Crippen molar-refractivity contribution in [2.45, 2.75) is 18.8 Å². The van der Waals surface area contributed by atoms with Crippen molar-refractivity contribution >= 4 is 17.4 Å². The zero-order valence-electron chi connectivity index (χ0n) is 16.7. The van der Waals surface area contributed by atoms with Gasteiger partial charge in [-0.05, 0) is 42.3 Å². The van der Waals surface area contributed by atoms with E-state index in [0.717, 1.165) is 31.7 Å². The van der Waals surface area contributed by atoms with Gasteiger partial charge in [-0.2, -0.15) is 9.50 Å². The van der Waals surface area contributed by atoms with Crippen LogP contribution in [0.25, 0.3) is 17.0 Å². The lowest BCUT2D eigenvalue weighted by atomic mass is 9.97. The number of hydrogen-bond acceptors (Lipinski definition) is 8. The summed E-state index contributed by atoms with van der Waals surface area (Å²) < 4.78 is 21.3. The molecule has 10 heteroatoms. The maximum Gasteiger partial charge on any atom is 0.265 e. The van der Waals surface area contributed by atoms with Gasteiger partial charge < -0.3 is 14.3 Å². The number of fused-ring (bicyclic) bond motifs is 1. The van der Waals surface area contributed by atoms with Crippen LogP contribution in [0.3, 0.4) is 0 Å². The molecule has 1 aliphatic rings. The van der Waals surface area contributed by atoms with E-state index in [9.17, 15) is 4.39 Å². The Labute approximate surface area is 172 Å². The second kappa shape index (κ2) is 7.36. The van der Waals surface area contributed by atoms with Crippen molar-refractivity contribution in [2.24, 2.45) is 0 Å². The second-order valence-corrected chi connectivity index (χ2v) is 7.55. The third-order valence-corrected chi connectivity index (χ3v) is 5.36. The Morgan fingerprint density at radius 1 is 1.07 bits per heavy atom. The summed E-state index contributed by atoms with van der Waals surface area (Å²) in [6.07, 6.45) is 1.77. The first kappa shape index (κ1) is 18.5. The van der Waals surface area contributed by atoms with Gasteiger partial charge in [-0.25, -0.2) is 4.39 Å². The number of nitrogens with zero attached hydrogens (tertiary/aromatic N) is 8. The van der Waals surface area contributed by atoms with Gasteiger partial charge >= 0.3 is 0 Å². The molecule has 1 aliphatic heterocycles. The minimum absolute atomic E-state index is 0.232. The van der Waals surface area contributed by atoms with Crippen molar-refractivity contribution < 1.29 is 8.91 Å². The number of benzene rings is 1. The second-order valence-electron chi connectivity index (χ2n) is 7.55. The molecule has 154 valence electrons. The molecular formula is C20H21FN8O. The van der Waals surface area contributed by atoms with E-state index in [1.54, 1.807) is 22.7 Å². The third-order valence-electron chi connectivity index (χ3n) is 5.36. The van der Waals surface area contributed by atoms with Crippen LogP contribution in [0.15, 0.2) is 40.9 Å². The lowest BCUT2D eigenvalue weighted by Gasteiger charge is -2.31. The Balaban J connectivity index is 1.37. The third kappa shape index (κ3) is 3.23. The van der Waals surface area contributed by atoms with Gasteiger partial charge in [0, 0.05) is 33.1 Å². The van der Waals surface area contributed by atoms with Gasteiger partial charge in [-0.15, -0.1) is 15.3 Å². The summed E-state index contributed by atoms with van der Waals surface area (Å²) in [5.74, 6) is 2.35. The van der Waals surface area contributed by atoms with Crippen LogP contribution in [0.5, 0.6) is 0 Å². The van der Waals surface area contributed by atoms with Crippen LogP contribution in [0.2, 0.25) is 0 Å². The van der Waals surface area contributed by atoms with Crippen LogP contribution in [0.4, 0.5) is 16.2 Å². The van der Waals surface area contributed by atoms with Crippen LogP contribution < -0.4 is 9.80 Å². The first-order valence-electron chi connectivity index (χ1n) is 9.83. The highest BCUT2D eigenvalue weighted by Crippen LogP contribution is 2.30. The van der Waals surface area contributed by atoms with Gasteiger partial charge in [0.25, 0.3) is 5.95 Å². The fourth-order valence-electron chi connectivity index (χ4n) is 3.69. The zero-order chi connectivity index (χ0) is 20.7. The van der Waals surface area contributed by atoms with Crippen molar-refractivity contribution in [3.63, 3.8) is 0 Å². The average Bonchev–Trinajstić information content (AvgIpc) is 3.42. The number of aromatic nitrogens is 6. The molecule has 4 aromatic rings. The molecule has 0 bridgehead atoms. The van der Waals surface area contributed by atoms with E-state index >= 15 is 0 Å². The number of halogens is 1. The van der Waals surface area contributed by atoms with Crippen molar-refractivity contribution in [1.82, 2.24) is 30.0 Å². The normalized spacial score (nSPS) is 15.1. The van der Waals surface area contributed by atoms with Crippen LogP contribution >= 0.6 is 0 Å². The number of hydrogen-bond donors (Lipinski definition) is 0. The summed E-state index contributed by atoms with van der Waals surface area (Å²) in [5, 5.41) is 17.0. The highest BCUT2D eigenvalue weighted by molar-refractivity contribution is 5.60. The smallest absolute Gasteiger partial charge is 0.265 e. The maximum atomic E-state index is 14.2. The molecule has 0 aliphatic carbocycles. The SMILES string of the molecule is CN(C)c1noc(C2CCN(c3ccc4nnc(-c5ccccc5F)n4n3)CC2)n1. The van der Waals surface area contributed by atoms with Crippen molar-refractivity contribution in [1.29, 1.82) is 0 Å². The molecule has 0 saturated carbocycles. The van der Waals surface area contributed by atoms with Crippen molar-refractivity contribution in [3.05, 3.63) is 48.1 Å². The van der Waals surface area contributed by atoms with Gasteiger partial charge in [0.05, 0.1) is 5.56 Å². The largest absolute Gasteiger partial charge is 0.355 e. The monoisotopic (exact) mass is 408 g/mol. The van der Waals surface area contributed by atoms with Gasteiger partial charge in [-0.1, -0.05) is 12.1 Å². The lowest BCUT2D eigenvalue weighted by molar-refractivity contribution is 0.329. The fraction of sp³-hybridized carbons (Fsp3) is 0.350. The summed E-state index contributed by atoms with van der Waals surface area (Å²) >= 11 is 0. The van der Waals surface area contributed by atoms with E-state index in [2.05, 4.69) is 25.2 Å². The zero-order valence-corrected chi connectivity index (χ0v) is 16.7. The molecule has 5 rings (SSSR count). The van der Waals surface area contributed by atoms with E-state index in [0.29, 0.717) is 28.9 Å². The van der Waals surface area contributed by atoms with Crippen LogP contribution in [-0.2, 0) is 0 Å². The highest BCUT2D eigenvalue weighted by Gasteiger charge is 2.26. The molecule has 1 fully saturated rings. The molecule has 0 amide bonds. The van der Waals surface area contributed by atoms with Gasteiger partial charge in [0.15, 0.2) is 11.5 Å². The summed E-state index contributed by atoms with van der Waals surface area (Å²) in [7, 11) is 3.78. The molecule has 1 saturated heterocycles. The minimum atomic E-state index is -0.350. The van der Waals surface area contributed by atoms with Crippen molar-refractivity contribution in [3.8, 4) is 11.4 Å². The number of anilines is 2. The van der Waals surface area contributed by atoms with Crippen LogP contribution in [0.1, 0.15) is 24.7 Å². The first-order chi connectivity index (χ1) is 14.6. The summed E-state index contributed by atoms with van der Waals surface area (Å²) in [6, 6.07) is 10.3. The van der Waals surface area contributed by atoms with Gasteiger partial charge in [-0.3, -0.25) is 0 Å². The van der Waals surface area contributed by atoms with Gasteiger partial charge in [0.1, 0.15) is 11.6 Å². The molecule has 30 heavy (non-hydrogen) atoms. The van der Waals surface area contributed by atoms with Crippen LogP contribution in [0, 0.1) is 5.82 Å². The van der Waals surface area contributed by atoms with Gasteiger partial charge in [0.2, 0.25) is 5.89 Å². The quantitative estimate of drug-likeness (QED) is 0.509. The van der Waals surface area contributed by atoms with Crippen LogP contribution in [-0.4, -0.2) is 57.1 Å². The maximum absolute atomic E-state index is 14.2. The Hall–Kier alpha value is -3.56. The molecule has 0 atom stereocenters. The molecule has 9 nitrogen and oxygen atoms in total. The Morgan fingerprint density at radius 3 is 2.60 bits per heavy atom. The van der Waals surface area contributed by atoms with E-state index in [1.165, 1.54) is 6.07 Å². The fourth-order valence-corrected chi connectivity index (χ4v) is 3.69. The number of rotatable bonds is 4. The Kier molecular flexibility index (Phi) is 4.53. The molecule has 3 aromatic heterocycles. The topological polar surface area (TPSA) is 88.5 Å². The van der Waals surface area contributed by atoms with E-state index in [1.807, 2.05) is 31.1 Å². The molecule has 0 radical (unpaired) electrons. The summed E-state index contributed by atoms with van der Waals surface area (Å²) in [6.45, 7) is 1.61. The van der Waals surface area contributed by atoms with Crippen molar-refractivity contribution in [2.75, 3.05) is 37.0 Å². The molecule has 0 N–H and O–H groups in total. The molecule has 1 aromatic carbocycles. The predicted molar refractivity (Wildman–Crippen MR) is 109 cm³/mol. The Bertz CT molecular complexity index is 1180. The summed E-state index contributed by atoms with van der Waals surface area (Å²) in [5.41, 5.74) is 0.954. The predicted octanol–water partition coefficient (Wildman–Crippen LogP) is 2.76. The standard InChI is InChI=1S/C20H21FN8O/c1-27(2)20-22-19(30-26-20)13-9-11-28(12-10-13)17-8-7-16-23-24-18(29(16)25-17)14-5-3-4-6-15(14)21/h3-8,13H,9-12H2,1-2H3.